The molecule has 0 saturated heterocycles. The Morgan fingerprint density at radius 3 is 0.797 bits per heavy atom. The monoisotopic (exact) mass is 1030 g/mol. The van der Waals surface area contributed by atoms with Gasteiger partial charge in [0.25, 0.3) is 0 Å². The molecule has 0 aromatic heterocycles. The lowest BCUT2D eigenvalue weighted by Crippen LogP contribution is -2.30. The molecule has 0 N–H and O–H groups in total. The van der Waals surface area contributed by atoms with Crippen LogP contribution in [0.5, 0.6) is 0 Å². The van der Waals surface area contributed by atoms with Crippen LogP contribution in [0.15, 0.2) is 85.1 Å². The highest BCUT2D eigenvalue weighted by Gasteiger charge is 2.19. The lowest BCUT2D eigenvalue weighted by atomic mass is 10.1. The Bertz CT molecular complexity index is 1420. The third kappa shape index (κ3) is 59.5. The van der Waals surface area contributed by atoms with Gasteiger partial charge in [-0.3, -0.25) is 14.4 Å². The van der Waals surface area contributed by atoms with Gasteiger partial charge >= 0.3 is 17.9 Å². The zero-order chi connectivity index (χ0) is 53.6. The third-order valence-corrected chi connectivity index (χ3v) is 13.6. The summed E-state index contributed by atoms with van der Waals surface area (Å²) in [6, 6.07) is 0. The van der Waals surface area contributed by atoms with E-state index < -0.39 is 6.10 Å². The molecule has 1 unspecified atom stereocenters. The van der Waals surface area contributed by atoms with Crippen LogP contribution in [-0.2, 0) is 28.6 Å². The van der Waals surface area contributed by atoms with Gasteiger partial charge in [-0.05, 0) is 122 Å². The number of hydrogen-bond acceptors (Lipinski definition) is 6. The quantitative estimate of drug-likeness (QED) is 0.0261. The highest BCUT2D eigenvalue weighted by atomic mass is 16.6. The highest BCUT2D eigenvalue weighted by Crippen LogP contribution is 2.15. The molecular formula is C68H118O6. The van der Waals surface area contributed by atoms with E-state index in [0.29, 0.717) is 19.3 Å². The first-order valence-electron chi connectivity index (χ1n) is 31.6. The Kier molecular flexibility index (Phi) is 59.3. The molecule has 6 heteroatoms. The molecule has 426 valence electrons. The summed E-state index contributed by atoms with van der Waals surface area (Å²) >= 11 is 0. The molecular weight excluding hydrogens is 913 g/mol. The molecule has 0 radical (unpaired) electrons. The van der Waals surface area contributed by atoms with Gasteiger partial charge in [0.2, 0.25) is 0 Å². The molecule has 0 aromatic carbocycles. The Hall–Kier alpha value is -3.41. The minimum absolute atomic E-state index is 0.0861. The summed E-state index contributed by atoms with van der Waals surface area (Å²) in [7, 11) is 0. The summed E-state index contributed by atoms with van der Waals surface area (Å²) in [5.74, 6) is -0.903. The first-order valence-corrected chi connectivity index (χ1v) is 31.6. The van der Waals surface area contributed by atoms with Crippen LogP contribution in [0, 0.1) is 0 Å². The van der Waals surface area contributed by atoms with Crippen LogP contribution in [0.25, 0.3) is 0 Å². The summed E-state index contributed by atoms with van der Waals surface area (Å²) in [6.07, 6.45) is 81.5. The standard InChI is InChI=1S/C68H118O6/c1-4-7-10-13-16-19-22-25-27-29-31-32-33-34-35-36-38-39-41-43-46-49-52-55-58-61-67(70)73-64-65(63-72-66(69)60-57-54-51-48-45-24-21-18-15-12-9-6-3)74-68(71)62-59-56-53-50-47-44-42-40-37-30-28-26-23-20-17-14-11-8-5-2/h17-18,20-22,25-26,28-29,31,33-34,37,40,65H,4-16,19,23-24,27,30,32,35-36,38-39,41-64H2,1-3H3/b20-17-,21-18-,25-22-,28-26-,31-29-,34-33-,40-37-. The summed E-state index contributed by atoms with van der Waals surface area (Å²) < 4.78 is 16.9. The molecule has 0 aromatic rings. The Morgan fingerprint density at radius 2 is 0.486 bits per heavy atom. The number of ether oxygens (including phenoxy) is 3. The van der Waals surface area contributed by atoms with Crippen molar-refractivity contribution in [3.8, 4) is 0 Å². The van der Waals surface area contributed by atoms with Gasteiger partial charge in [0.15, 0.2) is 6.10 Å². The average molecular weight is 1030 g/mol. The van der Waals surface area contributed by atoms with E-state index in [9.17, 15) is 14.4 Å². The normalized spacial score (nSPS) is 12.6. The van der Waals surface area contributed by atoms with Crippen molar-refractivity contribution >= 4 is 17.9 Å². The number of carbonyl (C=O) groups excluding carboxylic acids is 3. The molecule has 0 fully saturated rings. The van der Waals surface area contributed by atoms with Gasteiger partial charge in [-0.15, -0.1) is 0 Å². The number of allylic oxidation sites excluding steroid dienone is 14. The summed E-state index contributed by atoms with van der Waals surface area (Å²) in [5.41, 5.74) is 0. The van der Waals surface area contributed by atoms with Crippen molar-refractivity contribution in [3.63, 3.8) is 0 Å². The molecule has 0 aliphatic rings. The molecule has 0 saturated carbocycles. The topological polar surface area (TPSA) is 78.9 Å². The first kappa shape index (κ1) is 70.6. The maximum Gasteiger partial charge on any atom is 0.306 e. The lowest BCUT2D eigenvalue weighted by Gasteiger charge is -2.18. The zero-order valence-corrected chi connectivity index (χ0v) is 48.8. The van der Waals surface area contributed by atoms with Crippen LogP contribution < -0.4 is 0 Å². The molecule has 74 heavy (non-hydrogen) atoms. The van der Waals surface area contributed by atoms with Gasteiger partial charge in [0.05, 0.1) is 0 Å². The third-order valence-electron chi connectivity index (χ3n) is 13.6. The van der Waals surface area contributed by atoms with E-state index in [4.69, 9.17) is 14.2 Å². The molecule has 0 rings (SSSR count). The summed E-state index contributed by atoms with van der Waals surface area (Å²) in [5, 5.41) is 0. The van der Waals surface area contributed by atoms with E-state index in [1.807, 2.05) is 0 Å². The number of carbonyl (C=O) groups is 3. The van der Waals surface area contributed by atoms with E-state index in [-0.39, 0.29) is 31.1 Å². The first-order chi connectivity index (χ1) is 36.5. The number of hydrogen-bond donors (Lipinski definition) is 0. The van der Waals surface area contributed by atoms with Crippen LogP contribution in [0.3, 0.4) is 0 Å². The smallest absolute Gasteiger partial charge is 0.306 e. The van der Waals surface area contributed by atoms with E-state index in [1.54, 1.807) is 0 Å². The molecule has 1 atom stereocenters. The van der Waals surface area contributed by atoms with Crippen molar-refractivity contribution in [2.24, 2.45) is 0 Å². The molecule has 0 aliphatic heterocycles. The number of rotatable bonds is 57. The minimum atomic E-state index is -0.790. The fourth-order valence-electron chi connectivity index (χ4n) is 8.80. The van der Waals surface area contributed by atoms with Crippen molar-refractivity contribution in [2.45, 2.75) is 316 Å². The van der Waals surface area contributed by atoms with Crippen molar-refractivity contribution < 1.29 is 28.6 Å². The largest absolute Gasteiger partial charge is 0.462 e. The van der Waals surface area contributed by atoms with E-state index in [0.717, 1.165) is 103 Å². The maximum absolute atomic E-state index is 12.9. The molecule has 0 aliphatic carbocycles. The van der Waals surface area contributed by atoms with Crippen molar-refractivity contribution in [2.75, 3.05) is 13.2 Å². The predicted molar refractivity (Wildman–Crippen MR) is 321 cm³/mol. The highest BCUT2D eigenvalue weighted by molar-refractivity contribution is 5.71. The molecule has 0 amide bonds. The van der Waals surface area contributed by atoms with Crippen molar-refractivity contribution in [1.29, 1.82) is 0 Å². The fraction of sp³-hybridized carbons (Fsp3) is 0.750. The second-order valence-corrected chi connectivity index (χ2v) is 21.0. The molecule has 0 bridgehead atoms. The van der Waals surface area contributed by atoms with Crippen LogP contribution >= 0.6 is 0 Å². The number of unbranched alkanes of at least 4 members (excludes halogenated alkanes) is 32. The second-order valence-electron chi connectivity index (χ2n) is 21.0. The zero-order valence-electron chi connectivity index (χ0n) is 48.8. The summed E-state index contributed by atoms with van der Waals surface area (Å²) in [4.78, 5) is 38.2. The SMILES string of the molecule is CCCCC/C=C\C/C=C\C/C=C\CCCCCCCCC(=O)OC(COC(=O)CCCCCCC/C=C\CCCCC)COC(=O)CCCCCCCCCCCC/C=C\C/C=C\C/C=C\CCCCCCC. The van der Waals surface area contributed by atoms with Crippen LogP contribution in [0.1, 0.15) is 310 Å². The van der Waals surface area contributed by atoms with Gasteiger partial charge in [-0.25, -0.2) is 0 Å². The molecule has 0 spiro atoms. The summed E-state index contributed by atoms with van der Waals surface area (Å²) in [6.45, 7) is 6.58. The van der Waals surface area contributed by atoms with Gasteiger partial charge in [-0.1, -0.05) is 254 Å². The van der Waals surface area contributed by atoms with Gasteiger partial charge < -0.3 is 14.2 Å². The second kappa shape index (κ2) is 62.1. The van der Waals surface area contributed by atoms with Gasteiger partial charge in [0, 0.05) is 19.3 Å². The van der Waals surface area contributed by atoms with E-state index >= 15 is 0 Å². The Morgan fingerprint density at radius 1 is 0.270 bits per heavy atom. The predicted octanol–water partition coefficient (Wildman–Crippen LogP) is 21.5. The van der Waals surface area contributed by atoms with Crippen LogP contribution in [0.4, 0.5) is 0 Å². The van der Waals surface area contributed by atoms with E-state index in [2.05, 4.69) is 106 Å². The average Bonchev–Trinajstić information content (AvgIpc) is 3.40. The lowest BCUT2D eigenvalue weighted by molar-refractivity contribution is -0.167. The van der Waals surface area contributed by atoms with Gasteiger partial charge in [-0.2, -0.15) is 0 Å². The van der Waals surface area contributed by atoms with Crippen LogP contribution in [-0.4, -0.2) is 37.2 Å². The molecule has 6 nitrogen and oxygen atoms in total. The van der Waals surface area contributed by atoms with Crippen molar-refractivity contribution in [1.82, 2.24) is 0 Å². The maximum atomic E-state index is 12.9. The fourth-order valence-corrected chi connectivity index (χ4v) is 8.80. The Labute approximate surface area is 458 Å². The van der Waals surface area contributed by atoms with Crippen molar-refractivity contribution in [3.05, 3.63) is 85.1 Å². The Balaban J connectivity index is 4.33. The number of esters is 3. The minimum Gasteiger partial charge on any atom is -0.462 e. The van der Waals surface area contributed by atoms with Gasteiger partial charge in [0.1, 0.15) is 13.2 Å². The molecule has 0 heterocycles. The van der Waals surface area contributed by atoms with Crippen LogP contribution in [0.2, 0.25) is 0 Å². The van der Waals surface area contributed by atoms with E-state index in [1.165, 1.54) is 167 Å².